The van der Waals surface area contributed by atoms with E-state index in [9.17, 15) is 9.18 Å². The highest BCUT2D eigenvalue weighted by Crippen LogP contribution is 2.22. The van der Waals surface area contributed by atoms with Crippen LogP contribution in [-0.4, -0.2) is 51.9 Å². The van der Waals surface area contributed by atoms with Crippen molar-refractivity contribution in [2.24, 2.45) is 0 Å². The number of carbonyl (C=O) groups is 1. The lowest BCUT2D eigenvalue weighted by atomic mass is 10.1. The van der Waals surface area contributed by atoms with Gasteiger partial charge in [-0.15, -0.1) is 0 Å². The second kappa shape index (κ2) is 9.26. The highest BCUT2D eigenvalue weighted by molar-refractivity contribution is 6.31. The molecule has 0 saturated carbocycles. The monoisotopic (exact) mass is 440 g/mol. The van der Waals surface area contributed by atoms with Crippen LogP contribution in [0.5, 0.6) is 0 Å². The molecule has 1 aliphatic rings. The first-order valence-corrected chi connectivity index (χ1v) is 10.4. The van der Waals surface area contributed by atoms with Crippen LogP contribution in [0.1, 0.15) is 11.4 Å². The normalized spacial score (nSPS) is 13.9. The van der Waals surface area contributed by atoms with Crippen LogP contribution in [0.2, 0.25) is 5.02 Å². The number of halogens is 2. The Morgan fingerprint density at radius 3 is 2.61 bits per heavy atom. The number of hydrogen-bond donors (Lipinski definition) is 1. The van der Waals surface area contributed by atoms with Crippen molar-refractivity contribution >= 4 is 35.0 Å². The molecular weight excluding hydrogens is 419 g/mol. The summed E-state index contributed by atoms with van der Waals surface area (Å²) in [5.41, 5.74) is 0.244. The van der Waals surface area contributed by atoms with E-state index in [2.05, 4.69) is 25.2 Å². The summed E-state index contributed by atoms with van der Waals surface area (Å²) in [5.74, 6) is 2.20. The molecule has 0 aliphatic carbocycles. The maximum absolute atomic E-state index is 14.0. The average Bonchev–Trinajstić information content (AvgIpc) is 2.77. The van der Waals surface area contributed by atoms with E-state index < -0.39 is 5.82 Å². The van der Waals surface area contributed by atoms with Crippen molar-refractivity contribution in [1.29, 1.82) is 0 Å². The van der Waals surface area contributed by atoms with Crippen molar-refractivity contribution in [2.75, 3.05) is 36.4 Å². The van der Waals surface area contributed by atoms with Gasteiger partial charge in [-0.1, -0.05) is 23.7 Å². The minimum atomic E-state index is -0.455. The molecule has 1 fully saturated rings. The van der Waals surface area contributed by atoms with E-state index in [1.165, 1.54) is 12.1 Å². The second-order valence-corrected chi connectivity index (χ2v) is 7.65. The predicted octanol–water partition coefficient (Wildman–Crippen LogP) is 3.61. The molecule has 1 aromatic carbocycles. The zero-order valence-corrected chi connectivity index (χ0v) is 17.8. The molecule has 1 saturated heterocycles. The van der Waals surface area contributed by atoms with Crippen LogP contribution in [0.25, 0.3) is 0 Å². The molecule has 1 aliphatic heterocycles. The number of pyridine rings is 1. The number of amides is 1. The lowest BCUT2D eigenvalue weighted by molar-refractivity contribution is -0.130. The van der Waals surface area contributed by atoms with Crippen LogP contribution in [0.15, 0.2) is 48.7 Å². The Morgan fingerprint density at radius 2 is 1.90 bits per heavy atom. The van der Waals surface area contributed by atoms with Crippen LogP contribution in [0.4, 0.5) is 21.8 Å². The van der Waals surface area contributed by atoms with Gasteiger partial charge in [0.1, 0.15) is 29.1 Å². The first-order valence-electron chi connectivity index (χ1n) is 9.99. The number of anilines is 3. The lowest BCUT2D eigenvalue weighted by Gasteiger charge is -2.35. The van der Waals surface area contributed by atoms with E-state index in [0.717, 1.165) is 5.82 Å². The van der Waals surface area contributed by atoms with E-state index in [4.69, 9.17) is 11.6 Å². The van der Waals surface area contributed by atoms with Gasteiger partial charge in [0.25, 0.3) is 0 Å². The van der Waals surface area contributed by atoms with Gasteiger partial charge in [-0.25, -0.2) is 19.3 Å². The van der Waals surface area contributed by atoms with Crippen molar-refractivity contribution in [2.45, 2.75) is 13.3 Å². The summed E-state index contributed by atoms with van der Waals surface area (Å²) in [5, 5.41) is 3.46. The van der Waals surface area contributed by atoms with Gasteiger partial charge in [0.15, 0.2) is 0 Å². The molecule has 1 amide bonds. The molecule has 0 radical (unpaired) electrons. The number of benzene rings is 1. The Labute approximate surface area is 184 Å². The minimum Gasteiger partial charge on any atom is -0.353 e. The van der Waals surface area contributed by atoms with Crippen molar-refractivity contribution in [3.05, 3.63) is 70.9 Å². The molecule has 9 heteroatoms. The number of carbonyl (C=O) groups excluding carboxylic acids is 1. The molecule has 160 valence electrons. The van der Waals surface area contributed by atoms with Crippen LogP contribution in [-0.2, 0) is 11.2 Å². The van der Waals surface area contributed by atoms with Gasteiger partial charge in [0.2, 0.25) is 5.91 Å². The Bertz CT molecular complexity index is 1050. The molecule has 3 heterocycles. The summed E-state index contributed by atoms with van der Waals surface area (Å²) in [6, 6.07) is 11.9. The van der Waals surface area contributed by atoms with E-state index in [1.54, 1.807) is 17.2 Å². The molecule has 7 nitrogen and oxygen atoms in total. The van der Waals surface area contributed by atoms with Crippen LogP contribution in [0, 0.1) is 12.7 Å². The molecular formula is C22H22ClFN6O. The predicted molar refractivity (Wildman–Crippen MR) is 118 cm³/mol. The quantitative estimate of drug-likeness (QED) is 0.653. The first kappa shape index (κ1) is 21.0. The summed E-state index contributed by atoms with van der Waals surface area (Å²) in [4.78, 5) is 29.7. The number of nitrogens with one attached hydrogen (secondary N) is 1. The summed E-state index contributed by atoms with van der Waals surface area (Å²) in [6.45, 7) is 4.13. The fourth-order valence-electron chi connectivity index (χ4n) is 3.50. The van der Waals surface area contributed by atoms with Crippen molar-refractivity contribution in [1.82, 2.24) is 19.9 Å². The Balaban J connectivity index is 1.40. The van der Waals surface area contributed by atoms with E-state index in [-0.39, 0.29) is 22.9 Å². The van der Waals surface area contributed by atoms with E-state index in [1.807, 2.05) is 31.2 Å². The van der Waals surface area contributed by atoms with Gasteiger partial charge in [0.05, 0.1) is 6.42 Å². The molecule has 31 heavy (non-hydrogen) atoms. The van der Waals surface area contributed by atoms with Gasteiger partial charge in [-0.3, -0.25) is 4.79 Å². The maximum Gasteiger partial charge on any atom is 0.227 e. The third-order valence-corrected chi connectivity index (χ3v) is 5.45. The lowest BCUT2D eigenvalue weighted by Crippen LogP contribution is -2.49. The molecule has 0 bridgehead atoms. The topological polar surface area (TPSA) is 74.2 Å². The van der Waals surface area contributed by atoms with Crippen molar-refractivity contribution in [3.8, 4) is 0 Å². The highest BCUT2D eigenvalue weighted by atomic mass is 35.5. The Morgan fingerprint density at radius 1 is 1.10 bits per heavy atom. The van der Waals surface area contributed by atoms with Crippen LogP contribution >= 0.6 is 11.6 Å². The number of hydrogen-bond acceptors (Lipinski definition) is 6. The van der Waals surface area contributed by atoms with Crippen molar-refractivity contribution in [3.63, 3.8) is 0 Å². The van der Waals surface area contributed by atoms with Crippen LogP contribution in [0.3, 0.4) is 0 Å². The SMILES string of the molecule is Cc1nc(Nc2ccccn2)cc(N2CCN(C(=O)Cc3c(F)cccc3Cl)CC2)n1. The molecule has 0 spiro atoms. The molecule has 1 N–H and O–H groups in total. The zero-order valence-electron chi connectivity index (χ0n) is 17.1. The molecule has 2 aromatic heterocycles. The fraction of sp³-hybridized carbons (Fsp3) is 0.273. The molecule has 0 atom stereocenters. The third kappa shape index (κ3) is 5.08. The number of aromatic nitrogens is 3. The molecule has 4 rings (SSSR count). The largest absolute Gasteiger partial charge is 0.353 e. The van der Waals surface area contributed by atoms with Crippen molar-refractivity contribution < 1.29 is 9.18 Å². The summed E-state index contributed by atoms with van der Waals surface area (Å²) < 4.78 is 14.0. The zero-order chi connectivity index (χ0) is 21.8. The van der Waals surface area contributed by atoms with E-state index >= 15 is 0 Å². The Hall–Kier alpha value is -3.26. The summed E-state index contributed by atoms with van der Waals surface area (Å²) in [6.07, 6.45) is 1.66. The summed E-state index contributed by atoms with van der Waals surface area (Å²) in [7, 11) is 0. The summed E-state index contributed by atoms with van der Waals surface area (Å²) >= 11 is 6.06. The number of nitrogens with zero attached hydrogens (tertiary/aromatic N) is 5. The van der Waals surface area contributed by atoms with Gasteiger partial charge >= 0.3 is 0 Å². The standard InChI is InChI=1S/C22H22ClFN6O/c1-15-26-20(28-19-7-2-3-8-25-19)14-21(27-15)29-9-11-30(12-10-29)22(31)13-16-17(23)5-4-6-18(16)24/h2-8,14H,9-13H2,1H3,(H,25,26,27,28). The van der Waals surface area contributed by atoms with Gasteiger partial charge < -0.3 is 15.1 Å². The first-order chi connectivity index (χ1) is 15.0. The highest BCUT2D eigenvalue weighted by Gasteiger charge is 2.24. The molecule has 0 unspecified atom stereocenters. The van der Waals surface area contributed by atoms with Gasteiger partial charge in [-0.05, 0) is 31.2 Å². The van der Waals surface area contributed by atoms with E-state index in [0.29, 0.717) is 43.6 Å². The Kier molecular flexibility index (Phi) is 6.27. The molecule has 3 aromatic rings. The average molecular weight is 441 g/mol. The minimum absolute atomic E-state index is 0.0454. The third-order valence-electron chi connectivity index (χ3n) is 5.09. The van der Waals surface area contributed by atoms with Gasteiger partial charge in [0, 0.05) is 49.0 Å². The van der Waals surface area contributed by atoms with Gasteiger partial charge in [-0.2, -0.15) is 0 Å². The smallest absolute Gasteiger partial charge is 0.227 e. The fourth-order valence-corrected chi connectivity index (χ4v) is 3.72. The number of aryl methyl sites for hydroxylation is 1. The maximum atomic E-state index is 14.0. The second-order valence-electron chi connectivity index (χ2n) is 7.24. The number of rotatable bonds is 5. The van der Waals surface area contributed by atoms with Crippen LogP contribution < -0.4 is 10.2 Å². The number of piperazine rings is 1.